The van der Waals surface area contributed by atoms with Crippen molar-refractivity contribution in [2.75, 3.05) is 36.4 Å². The fourth-order valence-electron chi connectivity index (χ4n) is 3.80. The van der Waals surface area contributed by atoms with Crippen LogP contribution in [0.1, 0.15) is 22.3 Å². The van der Waals surface area contributed by atoms with Gasteiger partial charge in [0.2, 0.25) is 10.0 Å². The van der Waals surface area contributed by atoms with Gasteiger partial charge in [-0.3, -0.25) is 0 Å². The number of sulfonamides is 1. The highest BCUT2D eigenvalue weighted by molar-refractivity contribution is 7.89. The van der Waals surface area contributed by atoms with Crippen molar-refractivity contribution in [2.45, 2.75) is 32.6 Å². The van der Waals surface area contributed by atoms with Gasteiger partial charge in [-0.15, -0.1) is 10.2 Å². The summed E-state index contributed by atoms with van der Waals surface area (Å²) < 4.78 is 28.0. The minimum atomic E-state index is -3.53. The number of rotatable bonds is 5. The lowest BCUT2D eigenvalue weighted by atomic mass is 10.1. The molecule has 0 radical (unpaired) electrons. The van der Waals surface area contributed by atoms with E-state index in [9.17, 15) is 8.42 Å². The van der Waals surface area contributed by atoms with E-state index in [2.05, 4.69) is 25.4 Å². The summed E-state index contributed by atoms with van der Waals surface area (Å²) in [6.07, 6.45) is 1.74. The molecule has 0 unspecified atom stereocenters. The molecule has 32 heavy (non-hydrogen) atoms. The van der Waals surface area contributed by atoms with Crippen molar-refractivity contribution < 1.29 is 8.42 Å². The van der Waals surface area contributed by atoms with Gasteiger partial charge in [0, 0.05) is 32.4 Å². The second-order valence-corrected chi connectivity index (χ2v) is 10.1. The van der Waals surface area contributed by atoms with Crippen LogP contribution in [0, 0.1) is 27.7 Å². The Bertz CT molecular complexity index is 1220. The monoisotopic (exact) mass is 452 g/mol. The Morgan fingerprint density at radius 2 is 1.53 bits per heavy atom. The van der Waals surface area contributed by atoms with Crippen LogP contribution in [0.3, 0.4) is 0 Å². The predicted octanol–water partition coefficient (Wildman–Crippen LogP) is 3.36. The number of hydrogen-bond donors (Lipinski definition) is 1. The maximum atomic E-state index is 13.2. The molecule has 0 saturated carbocycles. The van der Waals surface area contributed by atoms with Crippen molar-refractivity contribution in [2.24, 2.45) is 0 Å². The van der Waals surface area contributed by atoms with Crippen LogP contribution in [0.25, 0.3) is 0 Å². The molecule has 1 aliphatic heterocycles. The van der Waals surface area contributed by atoms with Crippen molar-refractivity contribution in [3.63, 3.8) is 0 Å². The molecule has 1 N–H and O–H groups in total. The van der Waals surface area contributed by atoms with Gasteiger partial charge in [-0.2, -0.15) is 4.31 Å². The van der Waals surface area contributed by atoms with Gasteiger partial charge in [0.1, 0.15) is 5.82 Å². The molecule has 2 aromatic heterocycles. The van der Waals surface area contributed by atoms with Crippen LogP contribution in [0.2, 0.25) is 0 Å². The molecule has 1 saturated heterocycles. The topological polar surface area (TPSA) is 91.3 Å². The van der Waals surface area contributed by atoms with Crippen LogP contribution in [0.15, 0.2) is 47.5 Å². The summed E-state index contributed by atoms with van der Waals surface area (Å²) in [6.45, 7) is 9.73. The predicted molar refractivity (Wildman–Crippen MR) is 126 cm³/mol. The van der Waals surface area contributed by atoms with Crippen LogP contribution < -0.4 is 10.2 Å². The molecule has 1 fully saturated rings. The summed E-state index contributed by atoms with van der Waals surface area (Å²) in [4.78, 5) is 6.72. The standard InChI is InChI=1S/C23H28N6O2S/c1-16-7-8-24-22(13-16)25-21-5-6-23(27-26-21)28-9-11-29(12-10-28)32(30,31)20-15-18(3)17(2)14-19(20)4/h5-8,13-15H,9-12H2,1-4H3,(H,24,25,26). The number of hydrogen-bond acceptors (Lipinski definition) is 7. The van der Waals surface area contributed by atoms with E-state index < -0.39 is 10.0 Å². The Kier molecular flexibility index (Phi) is 6.12. The number of nitrogens with zero attached hydrogens (tertiary/aromatic N) is 5. The highest BCUT2D eigenvalue weighted by atomic mass is 32.2. The molecule has 0 spiro atoms. The van der Waals surface area contributed by atoms with Gasteiger partial charge in [0.15, 0.2) is 11.6 Å². The van der Waals surface area contributed by atoms with E-state index in [1.165, 1.54) is 0 Å². The fraction of sp³-hybridized carbons (Fsp3) is 0.348. The summed E-state index contributed by atoms with van der Waals surface area (Å²) in [6, 6.07) is 11.3. The lowest BCUT2D eigenvalue weighted by molar-refractivity contribution is 0.383. The zero-order valence-electron chi connectivity index (χ0n) is 18.8. The molecule has 3 aromatic rings. The van der Waals surface area contributed by atoms with Gasteiger partial charge in [0.25, 0.3) is 0 Å². The van der Waals surface area contributed by atoms with Crippen molar-refractivity contribution in [1.29, 1.82) is 0 Å². The van der Waals surface area contributed by atoms with Gasteiger partial charge >= 0.3 is 0 Å². The highest BCUT2D eigenvalue weighted by Gasteiger charge is 2.30. The van der Waals surface area contributed by atoms with E-state index in [0.29, 0.717) is 42.7 Å². The van der Waals surface area contributed by atoms with Crippen LogP contribution in [-0.4, -0.2) is 54.1 Å². The van der Waals surface area contributed by atoms with Crippen LogP contribution >= 0.6 is 0 Å². The van der Waals surface area contributed by atoms with Crippen molar-refractivity contribution >= 4 is 27.5 Å². The second-order valence-electron chi connectivity index (χ2n) is 8.21. The summed E-state index contributed by atoms with van der Waals surface area (Å²) in [5.74, 6) is 2.05. The highest BCUT2D eigenvalue weighted by Crippen LogP contribution is 2.25. The average Bonchev–Trinajstić information content (AvgIpc) is 2.77. The quantitative estimate of drug-likeness (QED) is 0.635. The molecule has 3 heterocycles. The Morgan fingerprint density at radius 1 is 0.812 bits per heavy atom. The molecule has 0 atom stereocenters. The number of aromatic nitrogens is 3. The van der Waals surface area contributed by atoms with Gasteiger partial charge < -0.3 is 10.2 Å². The Balaban J connectivity index is 1.42. The molecule has 0 aliphatic carbocycles. The van der Waals surface area contributed by atoms with Crippen LogP contribution in [-0.2, 0) is 10.0 Å². The largest absolute Gasteiger partial charge is 0.352 e. The minimum Gasteiger partial charge on any atom is -0.352 e. The third-order valence-electron chi connectivity index (χ3n) is 5.79. The molecule has 1 aromatic carbocycles. The zero-order chi connectivity index (χ0) is 22.9. The van der Waals surface area contributed by atoms with E-state index in [1.54, 1.807) is 16.6 Å². The average molecular weight is 453 g/mol. The first-order valence-corrected chi connectivity index (χ1v) is 12.0. The zero-order valence-corrected chi connectivity index (χ0v) is 19.6. The summed E-state index contributed by atoms with van der Waals surface area (Å²) in [5.41, 5.74) is 3.97. The van der Waals surface area contributed by atoms with E-state index in [4.69, 9.17) is 0 Å². The van der Waals surface area contributed by atoms with Gasteiger partial charge in [-0.05, 0) is 80.3 Å². The number of piperazine rings is 1. The van der Waals surface area contributed by atoms with E-state index in [0.717, 1.165) is 28.1 Å². The van der Waals surface area contributed by atoms with Crippen molar-refractivity contribution in [3.8, 4) is 0 Å². The van der Waals surface area contributed by atoms with Crippen LogP contribution in [0.5, 0.6) is 0 Å². The first-order chi connectivity index (χ1) is 15.2. The minimum absolute atomic E-state index is 0.397. The molecule has 0 amide bonds. The number of benzene rings is 1. The molecule has 9 heteroatoms. The Labute approximate surface area is 189 Å². The fourth-order valence-corrected chi connectivity index (χ4v) is 5.52. The number of pyridine rings is 1. The van der Waals surface area contributed by atoms with E-state index in [-0.39, 0.29) is 0 Å². The Hall–Kier alpha value is -3.04. The number of nitrogens with one attached hydrogen (secondary N) is 1. The molecule has 1 aliphatic rings. The van der Waals surface area contributed by atoms with E-state index >= 15 is 0 Å². The maximum absolute atomic E-state index is 13.2. The molecule has 8 nitrogen and oxygen atoms in total. The smallest absolute Gasteiger partial charge is 0.243 e. The van der Waals surface area contributed by atoms with Gasteiger partial charge in [-0.1, -0.05) is 6.07 Å². The first-order valence-electron chi connectivity index (χ1n) is 10.6. The third-order valence-corrected chi connectivity index (χ3v) is 7.83. The summed E-state index contributed by atoms with van der Waals surface area (Å²) in [5, 5.41) is 11.7. The lowest BCUT2D eigenvalue weighted by Gasteiger charge is -2.34. The van der Waals surface area contributed by atoms with Crippen molar-refractivity contribution in [3.05, 3.63) is 64.8 Å². The van der Waals surface area contributed by atoms with Crippen LogP contribution in [0.4, 0.5) is 17.5 Å². The van der Waals surface area contributed by atoms with Crippen molar-refractivity contribution in [1.82, 2.24) is 19.5 Å². The van der Waals surface area contributed by atoms with Gasteiger partial charge in [-0.25, -0.2) is 13.4 Å². The molecule has 4 rings (SSSR count). The maximum Gasteiger partial charge on any atom is 0.243 e. The Morgan fingerprint density at radius 3 is 2.19 bits per heavy atom. The summed E-state index contributed by atoms with van der Waals surface area (Å²) in [7, 11) is -3.53. The number of anilines is 3. The SMILES string of the molecule is Cc1ccnc(Nc2ccc(N3CCN(S(=O)(=O)c4cc(C)c(C)cc4C)CC3)nn2)c1. The third kappa shape index (κ3) is 4.58. The molecule has 0 bridgehead atoms. The van der Waals surface area contributed by atoms with E-state index in [1.807, 2.05) is 58.0 Å². The summed E-state index contributed by atoms with van der Waals surface area (Å²) >= 11 is 0. The second kappa shape index (κ2) is 8.84. The lowest BCUT2D eigenvalue weighted by Crippen LogP contribution is -2.49. The normalized spacial score (nSPS) is 15.1. The van der Waals surface area contributed by atoms with Gasteiger partial charge in [0.05, 0.1) is 4.90 Å². The molecule has 168 valence electrons. The number of aryl methyl sites for hydroxylation is 4. The molecular weight excluding hydrogens is 424 g/mol. The first kappa shape index (κ1) is 22.2. The molecular formula is C23H28N6O2S.